The molecule has 0 radical (unpaired) electrons. The summed E-state index contributed by atoms with van der Waals surface area (Å²) in [5.41, 5.74) is 3.66. The fourth-order valence-corrected chi connectivity index (χ4v) is 3.13. The predicted molar refractivity (Wildman–Crippen MR) is 113 cm³/mol. The summed E-state index contributed by atoms with van der Waals surface area (Å²) < 4.78 is 10.8. The molecule has 6 nitrogen and oxygen atoms in total. The highest BCUT2D eigenvalue weighted by Crippen LogP contribution is 2.32. The normalized spacial score (nSPS) is 13.4. The minimum absolute atomic E-state index is 0.674. The molecule has 0 unspecified atom stereocenters. The first-order valence-electron chi connectivity index (χ1n) is 9.05. The maximum Gasteiger partial charge on any atom is 0.177 e. The highest BCUT2D eigenvalue weighted by atomic mass is 16.5. The Hall–Kier alpha value is -3.54. The molecule has 4 rings (SSSR count). The third-order valence-corrected chi connectivity index (χ3v) is 4.48. The van der Waals surface area contributed by atoms with Crippen molar-refractivity contribution in [3.63, 3.8) is 0 Å². The van der Waals surface area contributed by atoms with Crippen molar-refractivity contribution in [2.75, 3.05) is 31.0 Å². The monoisotopic (exact) mass is 374 g/mol. The van der Waals surface area contributed by atoms with Crippen molar-refractivity contribution < 1.29 is 9.47 Å². The predicted octanol–water partition coefficient (Wildman–Crippen LogP) is 4.67. The average molecular weight is 374 g/mol. The fourth-order valence-electron chi connectivity index (χ4n) is 3.13. The molecule has 6 heteroatoms. The second-order valence-corrected chi connectivity index (χ2v) is 6.54. The number of nitrogens with zero attached hydrogens (tertiary/aromatic N) is 3. The van der Waals surface area contributed by atoms with Crippen molar-refractivity contribution >= 4 is 28.4 Å². The second kappa shape index (κ2) is 7.60. The van der Waals surface area contributed by atoms with E-state index in [9.17, 15) is 0 Å². The summed E-state index contributed by atoms with van der Waals surface area (Å²) in [6, 6.07) is 13.5. The SMILES string of the molecule is COc1cc(Nc2nc3ccccc3nc2N2C=C(C)C=CC2)cc(OC)c1. The van der Waals surface area contributed by atoms with E-state index in [-0.39, 0.29) is 0 Å². The van der Waals surface area contributed by atoms with Crippen LogP contribution in [0.3, 0.4) is 0 Å². The minimum Gasteiger partial charge on any atom is -0.497 e. The minimum atomic E-state index is 0.674. The third-order valence-electron chi connectivity index (χ3n) is 4.48. The van der Waals surface area contributed by atoms with Crippen molar-refractivity contribution in [3.8, 4) is 11.5 Å². The van der Waals surface area contributed by atoms with Crippen LogP contribution in [0.4, 0.5) is 17.3 Å². The first-order valence-corrected chi connectivity index (χ1v) is 9.05. The van der Waals surface area contributed by atoms with Crippen molar-refractivity contribution in [1.29, 1.82) is 0 Å². The summed E-state index contributed by atoms with van der Waals surface area (Å²) in [6.07, 6.45) is 6.30. The standard InChI is InChI=1S/C22H22N4O2/c1-15-7-6-10-26(14-15)22-21(24-19-8-4-5-9-20(19)25-22)23-16-11-17(27-2)13-18(12-16)28-3/h4-9,11-14H,10H2,1-3H3,(H,23,24). The lowest BCUT2D eigenvalue weighted by molar-refractivity contribution is 0.395. The smallest absolute Gasteiger partial charge is 0.177 e. The van der Waals surface area contributed by atoms with Gasteiger partial charge < -0.3 is 19.7 Å². The molecule has 2 aromatic carbocycles. The van der Waals surface area contributed by atoms with E-state index in [0.717, 1.165) is 34.7 Å². The highest BCUT2D eigenvalue weighted by molar-refractivity contribution is 5.83. The largest absolute Gasteiger partial charge is 0.497 e. The Morgan fingerprint density at radius 2 is 1.64 bits per heavy atom. The summed E-state index contributed by atoms with van der Waals surface area (Å²) in [5, 5.41) is 3.40. The molecule has 3 aromatic rings. The zero-order chi connectivity index (χ0) is 19.5. The van der Waals surface area contributed by atoms with Gasteiger partial charge in [0.25, 0.3) is 0 Å². The number of ether oxygens (including phenoxy) is 2. The molecule has 0 amide bonds. The molecule has 2 heterocycles. The van der Waals surface area contributed by atoms with E-state index >= 15 is 0 Å². The lowest BCUT2D eigenvalue weighted by Crippen LogP contribution is -2.21. The van der Waals surface area contributed by atoms with Gasteiger partial charge in [-0.1, -0.05) is 24.3 Å². The van der Waals surface area contributed by atoms with Crippen LogP contribution in [-0.2, 0) is 0 Å². The van der Waals surface area contributed by atoms with Gasteiger partial charge in [0, 0.05) is 36.6 Å². The van der Waals surface area contributed by atoms with Gasteiger partial charge in [-0.05, 0) is 24.6 Å². The Balaban J connectivity index is 1.81. The Kier molecular flexibility index (Phi) is 4.85. The number of fused-ring (bicyclic) bond motifs is 1. The van der Waals surface area contributed by atoms with Crippen molar-refractivity contribution in [3.05, 3.63) is 66.4 Å². The molecule has 0 saturated carbocycles. The van der Waals surface area contributed by atoms with E-state index < -0.39 is 0 Å². The van der Waals surface area contributed by atoms with E-state index in [1.807, 2.05) is 42.5 Å². The van der Waals surface area contributed by atoms with Gasteiger partial charge in [-0.15, -0.1) is 0 Å². The average Bonchev–Trinajstić information content (AvgIpc) is 2.73. The number of hydrogen-bond donors (Lipinski definition) is 1. The summed E-state index contributed by atoms with van der Waals surface area (Å²) in [6.45, 7) is 2.80. The molecule has 0 atom stereocenters. The molecule has 0 spiro atoms. The Labute approximate surface area is 164 Å². The quantitative estimate of drug-likeness (QED) is 0.700. The van der Waals surface area contributed by atoms with Gasteiger partial charge in [-0.3, -0.25) is 0 Å². The molecule has 1 N–H and O–H groups in total. The van der Waals surface area contributed by atoms with Gasteiger partial charge in [0.15, 0.2) is 11.6 Å². The molecular weight excluding hydrogens is 352 g/mol. The first kappa shape index (κ1) is 17.9. The number of hydrogen-bond acceptors (Lipinski definition) is 6. The molecule has 0 bridgehead atoms. The van der Waals surface area contributed by atoms with Crippen molar-refractivity contribution in [1.82, 2.24) is 9.97 Å². The number of allylic oxidation sites excluding steroid dienone is 2. The summed E-state index contributed by atoms with van der Waals surface area (Å²) in [4.78, 5) is 11.8. The Bertz CT molecular complexity index is 1050. The molecule has 1 aromatic heterocycles. The topological polar surface area (TPSA) is 59.5 Å². The van der Waals surface area contributed by atoms with Crippen LogP contribution in [0.1, 0.15) is 6.92 Å². The number of benzene rings is 2. The first-order chi connectivity index (χ1) is 13.7. The second-order valence-electron chi connectivity index (χ2n) is 6.54. The van der Waals surface area contributed by atoms with Gasteiger partial charge in [-0.2, -0.15) is 0 Å². The van der Waals surface area contributed by atoms with Crippen LogP contribution in [0.15, 0.2) is 66.4 Å². The molecule has 1 aliphatic heterocycles. The fraction of sp³-hybridized carbons (Fsp3) is 0.182. The summed E-state index contributed by atoms with van der Waals surface area (Å²) in [5.74, 6) is 2.85. The Morgan fingerprint density at radius 1 is 0.964 bits per heavy atom. The number of rotatable bonds is 5. The van der Waals surface area contributed by atoms with Gasteiger partial charge in [0.05, 0.1) is 25.3 Å². The number of nitrogens with one attached hydrogen (secondary N) is 1. The van der Waals surface area contributed by atoms with E-state index in [0.29, 0.717) is 17.3 Å². The van der Waals surface area contributed by atoms with Crippen LogP contribution < -0.4 is 19.7 Å². The summed E-state index contributed by atoms with van der Waals surface area (Å²) in [7, 11) is 3.26. The van der Waals surface area contributed by atoms with Crippen LogP contribution in [0.5, 0.6) is 11.5 Å². The van der Waals surface area contributed by atoms with E-state index in [4.69, 9.17) is 19.4 Å². The molecule has 0 saturated heterocycles. The molecule has 1 aliphatic rings. The van der Waals surface area contributed by atoms with Crippen LogP contribution in [0.25, 0.3) is 11.0 Å². The zero-order valence-corrected chi connectivity index (χ0v) is 16.1. The zero-order valence-electron chi connectivity index (χ0n) is 16.1. The number of anilines is 3. The lowest BCUT2D eigenvalue weighted by atomic mass is 10.2. The van der Waals surface area contributed by atoms with Crippen LogP contribution in [0.2, 0.25) is 0 Å². The van der Waals surface area contributed by atoms with Crippen molar-refractivity contribution in [2.24, 2.45) is 0 Å². The van der Waals surface area contributed by atoms with E-state index in [1.54, 1.807) is 14.2 Å². The van der Waals surface area contributed by atoms with Crippen LogP contribution in [0, 0.1) is 0 Å². The van der Waals surface area contributed by atoms with Gasteiger partial charge in [-0.25, -0.2) is 9.97 Å². The summed E-state index contributed by atoms with van der Waals surface area (Å²) >= 11 is 0. The van der Waals surface area contributed by atoms with Gasteiger partial charge in [0.1, 0.15) is 11.5 Å². The molecule has 0 aliphatic carbocycles. The molecule has 28 heavy (non-hydrogen) atoms. The van der Waals surface area contributed by atoms with E-state index in [1.165, 1.54) is 0 Å². The number of methoxy groups -OCH3 is 2. The van der Waals surface area contributed by atoms with Crippen LogP contribution in [-0.4, -0.2) is 30.7 Å². The maximum absolute atomic E-state index is 5.38. The third kappa shape index (κ3) is 3.62. The van der Waals surface area contributed by atoms with Crippen LogP contribution >= 0.6 is 0 Å². The number of para-hydroxylation sites is 2. The Morgan fingerprint density at radius 3 is 2.29 bits per heavy atom. The van der Waals surface area contributed by atoms with E-state index in [2.05, 4.69) is 35.5 Å². The maximum atomic E-state index is 5.38. The molecule has 142 valence electrons. The van der Waals surface area contributed by atoms with Crippen molar-refractivity contribution in [2.45, 2.75) is 6.92 Å². The molecule has 0 fully saturated rings. The number of aromatic nitrogens is 2. The lowest BCUT2D eigenvalue weighted by Gasteiger charge is -2.24. The highest BCUT2D eigenvalue weighted by Gasteiger charge is 2.16. The molecular formula is C22H22N4O2. The van der Waals surface area contributed by atoms with Gasteiger partial charge in [0.2, 0.25) is 0 Å². The van der Waals surface area contributed by atoms with Gasteiger partial charge >= 0.3 is 0 Å².